The van der Waals surface area contributed by atoms with Crippen LogP contribution in [0.2, 0.25) is 0 Å². The molecule has 102 valence electrons. The topological polar surface area (TPSA) is 57.6 Å². The van der Waals surface area contributed by atoms with Crippen molar-refractivity contribution in [2.45, 2.75) is 32.7 Å². The van der Waals surface area contributed by atoms with Crippen molar-refractivity contribution in [3.8, 4) is 0 Å². The molecule has 19 heavy (non-hydrogen) atoms. The summed E-state index contributed by atoms with van der Waals surface area (Å²) in [4.78, 5) is 26.3. The second kappa shape index (κ2) is 5.57. The summed E-state index contributed by atoms with van der Waals surface area (Å²) >= 11 is 1.36. The number of hydrogen-bond donors (Lipinski definition) is 1. The average molecular weight is 279 g/mol. The Morgan fingerprint density at radius 1 is 1.53 bits per heavy atom. The third kappa shape index (κ3) is 3.23. The molecule has 1 heterocycles. The fraction of sp³-hybridized carbons (Fsp3) is 0.429. The average Bonchev–Trinajstić information content (AvgIpc) is 3.11. The van der Waals surface area contributed by atoms with E-state index in [1.54, 1.807) is 6.08 Å². The number of thiophene rings is 1. The van der Waals surface area contributed by atoms with Gasteiger partial charge in [-0.1, -0.05) is 0 Å². The van der Waals surface area contributed by atoms with Crippen LogP contribution in [0.5, 0.6) is 0 Å². The molecule has 0 aliphatic heterocycles. The molecule has 0 aromatic carbocycles. The molecule has 1 saturated carbocycles. The first-order valence-electron chi connectivity index (χ1n) is 6.35. The predicted molar refractivity (Wildman–Crippen MR) is 75.5 cm³/mol. The van der Waals surface area contributed by atoms with Gasteiger partial charge in [-0.25, -0.2) is 4.79 Å². The van der Waals surface area contributed by atoms with Crippen LogP contribution in [0.1, 0.15) is 39.9 Å². The van der Waals surface area contributed by atoms with E-state index in [1.165, 1.54) is 11.3 Å². The number of carbonyl (C=O) groups is 2. The van der Waals surface area contributed by atoms with Crippen LogP contribution >= 0.6 is 11.3 Å². The van der Waals surface area contributed by atoms with Crippen LogP contribution in [0.3, 0.4) is 0 Å². The van der Waals surface area contributed by atoms with Crippen LogP contribution in [-0.2, 0) is 4.79 Å². The molecule has 4 nitrogen and oxygen atoms in total. The third-order valence-electron chi connectivity index (χ3n) is 3.13. The van der Waals surface area contributed by atoms with Gasteiger partial charge in [0.2, 0.25) is 0 Å². The van der Waals surface area contributed by atoms with E-state index in [1.807, 2.05) is 24.8 Å². The minimum atomic E-state index is -0.978. The lowest BCUT2D eigenvalue weighted by Gasteiger charge is -2.19. The van der Waals surface area contributed by atoms with Gasteiger partial charge in [-0.3, -0.25) is 4.79 Å². The summed E-state index contributed by atoms with van der Waals surface area (Å²) in [5.41, 5.74) is 0.942. The highest BCUT2D eigenvalue weighted by atomic mass is 32.1. The molecule has 1 N–H and O–H groups in total. The lowest BCUT2D eigenvalue weighted by molar-refractivity contribution is -0.131. The van der Waals surface area contributed by atoms with Crippen LogP contribution in [0.15, 0.2) is 12.1 Å². The lowest BCUT2D eigenvalue weighted by Crippen LogP contribution is -2.32. The second-order valence-corrected chi connectivity index (χ2v) is 5.74. The molecule has 1 aromatic rings. The fourth-order valence-corrected chi connectivity index (χ4v) is 3.04. The molecule has 1 aliphatic rings. The minimum Gasteiger partial charge on any atom is -0.478 e. The number of carboxylic acid groups (broad SMARTS) is 1. The van der Waals surface area contributed by atoms with Crippen molar-refractivity contribution in [2.75, 3.05) is 6.54 Å². The predicted octanol–water partition coefficient (Wildman–Crippen LogP) is 2.78. The number of carbonyl (C=O) groups excluding carboxylic acids is 1. The lowest BCUT2D eigenvalue weighted by atomic mass is 10.2. The summed E-state index contributed by atoms with van der Waals surface area (Å²) < 4.78 is 0. The number of rotatable bonds is 5. The normalized spacial score (nSPS) is 14.8. The van der Waals surface area contributed by atoms with Gasteiger partial charge < -0.3 is 10.0 Å². The Labute approximate surface area is 116 Å². The maximum Gasteiger partial charge on any atom is 0.328 e. The molecular weight excluding hydrogens is 262 g/mol. The van der Waals surface area contributed by atoms with Crippen molar-refractivity contribution in [1.29, 1.82) is 0 Å². The number of carboxylic acids is 1. The Bertz CT molecular complexity index is 529. The van der Waals surface area contributed by atoms with Gasteiger partial charge >= 0.3 is 5.97 Å². The highest BCUT2D eigenvalue weighted by Gasteiger charge is 2.32. The first-order valence-corrected chi connectivity index (χ1v) is 7.17. The van der Waals surface area contributed by atoms with E-state index in [2.05, 4.69) is 0 Å². The van der Waals surface area contributed by atoms with Crippen molar-refractivity contribution >= 4 is 29.3 Å². The number of aryl methyl sites for hydroxylation is 1. The summed E-state index contributed by atoms with van der Waals surface area (Å²) in [7, 11) is 0. The number of hydrogen-bond acceptors (Lipinski definition) is 3. The maximum atomic E-state index is 12.4. The number of nitrogens with zero attached hydrogens (tertiary/aromatic N) is 1. The van der Waals surface area contributed by atoms with E-state index in [0.717, 1.165) is 35.9 Å². The molecule has 1 amide bonds. The number of amides is 1. The van der Waals surface area contributed by atoms with E-state index < -0.39 is 5.97 Å². The minimum absolute atomic E-state index is 0.0630. The molecule has 0 radical (unpaired) electrons. The van der Waals surface area contributed by atoms with E-state index in [4.69, 9.17) is 5.11 Å². The van der Waals surface area contributed by atoms with Gasteiger partial charge in [0.25, 0.3) is 5.91 Å². The number of aliphatic carboxylic acids is 1. The van der Waals surface area contributed by atoms with Gasteiger partial charge in [-0.15, -0.1) is 11.3 Å². The van der Waals surface area contributed by atoms with Gasteiger partial charge in [-0.05, 0) is 44.4 Å². The molecule has 5 heteroatoms. The van der Waals surface area contributed by atoms with Gasteiger partial charge in [0, 0.05) is 23.5 Å². The third-order valence-corrected chi connectivity index (χ3v) is 4.32. The molecule has 2 rings (SSSR count). The molecule has 0 saturated heterocycles. The quantitative estimate of drug-likeness (QED) is 0.843. The summed E-state index contributed by atoms with van der Waals surface area (Å²) in [6, 6.07) is 2.25. The zero-order valence-electron chi connectivity index (χ0n) is 11.0. The Morgan fingerprint density at radius 3 is 2.74 bits per heavy atom. The first-order chi connectivity index (χ1) is 9.02. The van der Waals surface area contributed by atoms with Crippen molar-refractivity contribution < 1.29 is 14.7 Å². The Hall–Kier alpha value is -1.62. The zero-order chi connectivity index (χ0) is 14.0. The molecule has 1 aliphatic carbocycles. The largest absolute Gasteiger partial charge is 0.478 e. The molecule has 0 spiro atoms. The summed E-state index contributed by atoms with van der Waals surface area (Å²) in [5, 5.41) is 8.63. The Balaban J connectivity index is 2.18. The molecule has 1 fully saturated rings. The molecule has 1 aromatic heterocycles. The van der Waals surface area contributed by atoms with Crippen molar-refractivity contribution in [1.82, 2.24) is 4.90 Å². The monoisotopic (exact) mass is 279 g/mol. The maximum absolute atomic E-state index is 12.4. The van der Waals surface area contributed by atoms with Gasteiger partial charge in [0.1, 0.15) is 0 Å². The SMILES string of the molecule is CCN(C(=O)c1cc(C)c(C=CC(=O)O)s1)C1CC1. The highest BCUT2D eigenvalue weighted by molar-refractivity contribution is 7.15. The van der Waals surface area contributed by atoms with Gasteiger partial charge in [0.15, 0.2) is 0 Å². The van der Waals surface area contributed by atoms with Crippen LogP contribution in [0.25, 0.3) is 6.08 Å². The van der Waals surface area contributed by atoms with Crippen LogP contribution in [0, 0.1) is 6.92 Å². The van der Waals surface area contributed by atoms with Crippen LogP contribution in [0.4, 0.5) is 0 Å². The van der Waals surface area contributed by atoms with Crippen molar-refractivity contribution in [3.63, 3.8) is 0 Å². The Kier molecular flexibility index (Phi) is 4.04. The van der Waals surface area contributed by atoms with E-state index in [-0.39, 0.29) is 5.91 Å². The smallest absolute Gasteiger partial charge is 0.328 e. The first kappa shape index (κ1) is 13.8. The van der Waals surface area contributed by atoms with Crippen molar-refractivity contribution in [2.24, 2.45) is 0 Å². The summed E-state index contributed by atoms with van der Waals surface area (Å²) in [6.45, 7) is 4.60. The fourth-order valence-electron chi connectivity index (χ4n) is 2.01. The standard InChI is InChI=1S/C14H17NO3S/c1-3-15(10-4-5-10)14(18)12-8-9(2)11(19-12)6-7-13(16)17/h6-8,10H,3-5H2,1-2H3,(H,16,17). The summed E-state index contributed by atoms with van der Waals surface area (Å²) in [6.07, 6.45) is 4.84. The van der Waals surface area contributed by atoms with Crippen LogP contribution in [-0.4, -0.2) is 34.5 Å². The zero-order valence-corrected chi connectivity index (χ0v) is 11.9. The highest BCUT2D eigenvalue weighted by Crippen LogP contribution is 2.31. The van der Waals surface area contributed by atoms with Gasteiger partial charge in [-0.2, -0.15) is 0 Å². The van der Waals surface area contributed by atoms with Crippen LogP contribution < -0.4 is 0 Å². The second-order valence-electron chi connectivity index (χ2n) is 4.65. The van der Waals surface area contributed by atoms with E-state index >= 15 is 0 Å². The molecule has 0 atom stereocenters. The van der Waals surface area contributed by atoms with E-state index in [0.29, 0.717) is 10.9 Å². The summed E-state index contributed by atoms with van der Waals surface area (Å²) in [5.74, 6) is -0.915. The van der Waals surface area contributed by atoms with E-state index in [9.17, 15) is 9.59 Å². The van der Waals surface area contributed by atoms with Gasteiger partial charge in [0.05, 0.1) is 4.88 Å². The van der Waals surface area contributed by atoms with Crippen molar-refractivity contribution in [3.05, 3.63) is 27.5 Å². The molecule has 0 bridgehead atoms. The molecular formula is C14H17NO3S. The molecule has 0 unspecified atom stereocenters. The Morgan fingerprint density at radius 2 is 2.21 bits per heavy atom.